The number of rotatable bonds is 15. The standard InChI is InChI=1S/C27H30N2O11/c1-40-27(39)21(9-15-3-5-17(11-23(32)33)19(7-15)13-25(36)37)29-26(38)20(28)8-14-2-4-16(10-22(30)31)18(6-14)12-24(34)35/h2-7,20-21H,8-13,28H2,1H3,(H,29,38)(H,30,31)(H,32,33)(H,34,35)(H,36,37)/t20-,21-/m0/s1. The van der Waals surface area contributed by atoms with E-state index in [2.05, 4.69) is 5.32 Å². The Bertz CT molecular complexity index is 1310. The monoisotopic (exact) mass is 558 g/mol. The summed E-state index contributed by atoms with van der Waals surface area (Å²) >= 11 is 0. The highest BCUT2D eigenvalue weighted by molar-refractivity contribution is 5.88. The van der Waals surface area contributed by atoms with Gasteiger partial charge < -0.3 is 36.2 Å². The van der Waals surface area contributed by atoms with Gasteiger partial charge >= 0.3 is 29.8 Å². The number of hydrogen-bond acceptors (Lipinski definition) is 8. The fraction of sp³-hybridized carbons (Fsp3) is 0.333. The molecule has 0 saturated carbocycles. The van der Waals surface area contributed by atoms with Crippen LogP contribution in [0.4, 0.5) is 0 Å². The molecule has 2 rings (SSSR count). The minimum absolute atomic E-state index is 0.0493. The Balaban J connectivity index is 2.21. The molecule has 0 aliphatic heterocycles. The molecule has 0 fully saturated rings. The van der Waals surface area contributed by atoms with Gasteiger partial charge in [-0.15, -0.1) is 0 Å². The van der Waals surface area contributed by atoms with Gasteiger partial charge in [-0.2, -0.15) is 0 Å². The second-order valence-corrected chi connectivity index (χ2v) is 9.09. The lowest BCUT2D eigenvalue weighted by molar-refractivity contribution is -0.145. The fourth-order valence-electron chi connectivity index (χ4n) is 4.13. The number of methoxy groups -OCH3 is 1. The van der Waals surface area contributed by atoms with E-state index in [1.165, 1.54) is 36.4 Å². The van der Waals surface area contributed by atoms with E-state index >= 15 is 0 Å². The van der Waals surface area contributed by atoms with Crippen molar-refractivity contribution in [2.45, 2.75) is 50.6 Å². The topological polar surface area (TPSA) is 231 Å². The molecule has 0 aromatic heterocycles. The molecular formula is C27H30N2O11. The number of benzene rings is 2. The zero-order valence-corrected chi connectivity index (χ0v) is 21.6. The van der Waals surface area contributed by atoms with Gasteiger partial charge in [-0.1, -0.05) is 36.4 Å². The lowest BCUT2D eigenvalue weighted by Gasteiger charge is -2.20. The molecule has 2 aromatic rings. The van der Waals surface area contributed by atoms with Gasteiger partial charge in [-0.25, -0.2) is 4.79 Å². The number of carbonyl (C=O) groups excluding carboxylic acids is 2. The summed E-state index contributed by atoms with van der Waals surface area (Å²) < 4.78 is 4.78. The highest BCUT2D eigenvalue weighted by atomic mass is 16.5. The van der Waals surface area contributed by atoms with Crippen LogP contribution < -0.4 is 11.1 Å². The molecule has 13 heteroatoms. The number of carboxylic acid groups (broad SMARTS) is 4. The first-order valence-corrected chi connectivity index (χ1v) is 12.0. The number of carbonyl (C=O) groups is 6. The van der Waals surface area contributed by atoms with Gasteiger partial charge in [0.15, 0.2) is 0 Å². The van der Waals surface area contributed by atoms with Crippen molar-refractivity contribution < 1.29 is 53.9 Å². The lowest BCUT2D eigenvalue weighted by Crippen LogP contribution is -2.50. The largest absolute Gasteiger partial charge is 0.481 e. The van der Waals surface area contributed by atoms with Crippen LogP contribution >= 0.6 is 0 Å². The van der Waals surface area contributed by atoms with E-state index in [1.54, 1.807) is 0 Å². The van der Waals surface area contributed by atoms with Crippen molar-refractivity contribution in [2.24, 2.45) is 5.73 Å². The number of ether oxygens (including phenoxy) is 1. The molecule has 7 N–H and O–H groups in total. The van der Waals surface area contributed by atoms with Crippen molar-refractivity contribution in [3.63, 3.8) is 0 Å². The molecule has 40 heavy (non-hydrogen) atoms. The molecule has 0 spiro atoms. The zero-order valence-electron chi connectivity index (χ0n) is 21.6. The van der Waals surface area contributed by atoms with Crippen molar-refractivity contribution in [3.05, 3.63) is 69.8 Å². The van der Waals surface area contributed by atoms with Gasteiger partial charge in [0.05, 0.1) is 38.8 Å². The quantitative estimate of drug-likeness (QED) is 0.158. The van der Waals surface area contributed by atoms with Crippen LogP contribution in [0.25, 0.3) is 0 Å². The number of esters is 1. The van der Waals surface area contributed by atoms with Gasteiger partial charge in [-0.3, -0.25) is 24.0 Å². The van der Waals surface area contributed by atoms with Crippen molar-refractivity contribution in [1.82, 2.24) is 5.32 Å². The van der Waals surface area contributed by atoms with E-state index in [0.717, 1.165) is 7.11 Å². The normalized spacial score (nSPS) is 12.2. The smallest absolute Gasteiger partial charge is 0.328 e. The van der Waals surface area contributed by atoms with Gasteiger partial charge in [-0.05, 0) is 39.8 Å². The number of nitrogens with one attached hydrogen (secondary N) is 1. The molecule has 13 nitrogen and oxygen atoms in total. The molecular weight excluding hydrogens is 528 g/mol. The Labute approximate surface area is 228 Å². The van der Waals surface area contributed by atoms with Crippen molar-refractivity contribution in [1.29, 1.82) is 0 Å². The van der Waals surface area contributed by atoms with E-state index in [9.17, 15) is 33.9 Å². The van der Waals surface area contributed by atoms with Crippen molar-refractivity contribution in [2.75, 3.05) is 7.11 Å². The molecule has 0 unspecified atom stereocenters. The molecule has 214 valence electrons. The molecule has 0 bridgehead atoms. The van der Waals surface area contributed by atoms with Crippen LogP contribution in [0.15, 0.2) is 36.4 Å². The first-order valence-electron chi connectivity index (χ1n) is 12.0. The summed E-state index contributed by atoms with van der Waals surface area (Å²) in [5.74, 6) is -6.12. The Morgan fingerprint density at radius 2 is 1.10 bits per heavy atom. The fourth-order valence-corrected chi connectivity index (χ4v) is 4.13. The number of hydrogen-bond donors (Lipinski definition) is 6. The number of amides is 1. The van der Waals surface area contributed by atoms with Crippen LogP contribution in [-0.4, -0.2) is 75.4 Å². The average Bonchev–Trinajstić information content (AvgIpc) is 2.85. The Morgan fingerprint density at radius 3 is 1.50 bits per heavy atom. The lowest BCUT2D eigenvalue weighted by atomic mass is 9.95. The van der Waals surface area contributed by atoms with Crippen LogP contribution in [-0.2, 0) is 72.0 Å². The second kappa shape index (κ2) is 14.4. The van der Waals surface area contributed by atoms with Gasteiger partial charge in [0.1, 0.15) is 6.04 Å². The SMILES string of the molecule is COC(=O)[C@H](Cc1ccc(CC(=O)O)c(CC(=O)O)c1)NC(=O)[C@@H](N)Cc1ccc(CC(=O)O)c(CC(=O)O)c1. The third-order valence-corrected chi connectivity index (χ3v) is 5.94. The number of aliphatic carboxylic acids is 4. The first-order chi connectivity index (χ1) is 18.8. The van der Waals surface area contributed by atoms with Crippen molar-refractivity contribution in [3.8, 4) is 0 Å². The van der Waals surface area contributed by atoms with Crippen LogP contribution in [0.2, 0.25) is 0 Å². The Kier molecular flexibility index (Phi) is 11.3. The van der Waals surface area contributed by atoms with Crippen LogP contribution in [0.3, 0.4) is 0 Å². The number of nitrogens with two attached hydrogens (primary N) is 1. The Hall–Kier alpha value is -4.78. The third kappa shape index (κ3) is 9.83. The molecule has 0 aliphatic carbocycles. The summed E-state index contributed by atoms with van der Waals surface area (Å²) in [4.78, 5) is 70.0. The molecule has 2 atom stereocenters. The molecule has 0 saturated heterocycles. The average molecular weight is 559 g/mol. The molecule has 0 radical (unpaired) electrons. The summed E-state index contributed by atoms with van der Waals surface area (Å²) in [6.45, 7) is 0. The zero-order chi connectivity index (χ0) is 30.0. The first kappa shape index (κ1) is 31.4. The van der Waals surface area contributed by atoms with E-state index in [1.807, 2.05) is 0 Å². The van der Waals surface area contributed by atoms with Gasteiger partial charge in [0.25, 0.3) is 0 Å². The molecule has 0 heterocycles. The van der Waals surface area contributed by atoms with Gasteiger partial charge in [0.2, 0.25) is 5.91 Å². The molecule has 2 aromatic carbocycles. The van der Waals surface area contributed by atoms with E-state index < -0.39 is 60.7 Å². The molecule has 0 aliphatic rings. The van der Waals surface area contributed by atoms with E-state index in [-0.39, 0.29) is 36.8 Å². The predicted octanol–water partition coefficient (Wildman–Crippen LogP) is -0.0347. The minimum Gasteiger partial charge on any atom is -0.481 e. The van der Waals surface area contributed by atoms with E-state index in [0.29, 0.717) is 22.3 Å². The van der Waals surface area contributed by atoms with E-state index in [4.69, 9.17) is 25.8 Å². The minimum atomic E-state index is -1.20. The summed E-state index contributed by atoms with van der Waals surface area (Å²) in [6, 6.07) is 6.53. The van der Waals surface area contributed by atoms with Crippen molar-refractivity contribution >= 4 is 35.8 Å². The van der Waals surface area contributed by atoms with Gasteiger partial charge in [0, 0.05) is 6.42 Å². The Morgan fingerprint density at radius 1 is 0.700 bits per heavy atom. The molecule has 1 amide bonds. The highest BCUT2D eigenvalue weighted by Crippen LogP contribution is 2.18. The number of carboxylic acids is 4. The summed E-state index contributed by atoms with van der Waals surface area (Å²) in [5, 5.41) is 39.0. The van der Waals surface area contributed by atoms with Crippen LogP contribution in [0.1, 0.15) is 33.4 Å². The maximum Gasteiger partial charge on any atom is 0.328 e. The predicted molar refractivity (Wildman–Crippen MR) is 138 cm³/mol. The third-order valence-electron chi connectivity index (χ3n) is 5.94. The summed E-state index contributed by atoms with van der Waals surface area (Å²) in [7, 11) is 1.12. The maximum absolute atomic E-state index is 12.9. The summed E-state index contributed by atoms with van der Waals surface area (Å²) in [5.41, 5.74) is 8.13. The van der Waals surface area contributed by atoms with Crippen LogP contribution in [0, 0.1) is 0 Å². The highest BCUT2D eigenvalue weighted by Gasteiger charge is 2.26. The van der Waals surface area contributed by atoms with Crippen LogP contribution in [0.5, 0.6) is 0 Å². The maximum atomic E-state index is 12.9. The second-order valence-electron chi connectivity index (χ2n) is 9.09. The summed E-state index contributed by atoms with van der Waals surface area (Å²) in [6.07, 6.45) is -1.77.